The van der Waals surface area contributed by atoms with Gasteiger partial charge in [0.05, 0.1) is 14.2 Å². The molecule has 2 aromatic carbocycles. The second kappa shape index (κ2) is 7.91. The van der Waals surface area contributed by atoms with Crippen molar-refractivity contribution in [2.75, 3.05) is 32.2 Å². The van der Waals surface area contributed by atoms with Gasteiger partial charge in [-0.1, -0.05) is 24.3 Å². The van der Waals surface area contributed by atoms with Crippen LogP contribution in [0.3, 0.4) is 0 Å². The van der Waals surface area contributed by atoms with E-state index in [0.717, 1.165) is 23.2 Å². The fourth-order valence-corrected chi connectivity index (χ4v) is 3.10. The van der Waals surface area contributed by atoms with Gasteiger partial charge in [0.1, 0.15) is 0 Å². The first-order chi connectivity index (χ1) is 12.6. The zero-order valence-corrected chi connectivity index (χ0v) is 15.0. The van der Waals surface area contributed by atoms with Crippen LogP contribution in [-0.2, 0) is 22.4 Å². The lowest BCUT2D eigenvalue weighted by molar-refractivity contribution is -0.137. The molecule has 6 nitrogen and oxygen atoms in total. The number of benzene rings is 2. The fourth-order valence-electron chi connectivity index (χ4n) is 3.10. The van der Waals surface area contributed by atoms with Gasteiger partial charge in [0.25, 0.3) is 0 Å². The highest BCUT2D eigenvalue weighted by molar-refractivity contribution is 6.40. The smallest absolute Gasteiger partial charge is 0.316 e. The number of carbonyl (C=O) groups excluding carboxylic acids is 2. The summed E-state index contributed by atoms with van der Waals surface area (Å²) in [7, 11) is 3.16. The molecule has 0 bridgehead atoms. The Labute approximate surface area is 152 Å². The third-order valence-corrected chi connectivity index (χ3v) is 4.47. The van der Waals surface area contributed by atoms with Crippen molar-refractivity contribution >= 4 is 17.5 Å². The average molecular weight is 354 g/mol. The topological polar surface area (TPSA) is 67.9 Å². The third-order valence-electron chi connectivity index (χ3n) is 4.47. The van der Waals surface area contributed by atoms with Crippen LogP contribution in [-0.4, -0.2) is 39.1 Å². The first-order valence-corrected chi connectivity index (χ1v) is 8.52. The summed E-state index contributed by atoms with van der Waals surface area (Å²) in [5, 5.41) is 2.70. The van der Waals surface area contributed by atoms with Crippen molar-refractivity contribution in [2.24, 2.45) is 0 Å². The second-order valence-corrected chi connectivity index (χ2v) is 6.03. The molecule has 26 heavy (non-hydrogen) atoms. The molecule has 0 spiro atoms. The lowest BCUT2D eigenvalue weighted by Gasteiger charge is -2.16. The molecule has 1 aliphatic heterocycles. The van der Waals surface area contributed by atoms with Gasteiger partial charge < -0.3 is 19.7 Å². The van der Waals surface area contributed by atoms with E-state index in [1.807, 2.05) is 42.5 Å². The van der Waals surface area contributed by atoms with Crippen molar-refractivity contribution in [3.63, 3.8) is 0 Å². The molecule has 0 unspecified atom stereocenters. The highest BCUT2D eigenvalue weighted by atomic mass is 16.5. The van der Waals surface area contributed by atoms with Gasteiger partial charge in [-0.2, -0.15) is 0 Å². The summed E-state index contributed by atoms with van der Waals surface area (Å²) in [6.07, 6.45) is 1.37. The van der Waals surface area contributed by atoms with E-state index in [-0.39, 0.29) is 0 Å². The Hall–Kier alpha value is -3.02. The van der Waals surface area contributed by atoms with Gasteiger partial charge in [-0.25, -0.2) is 0 Å². The molecule has 3 rings (SSSR count). The highest BCUT2D eigenvalue weighted by Gasteiger charge is 2.28. The predicted octanol–water partition coefficient (Wildman–Crippen LogP) is 1.95. The van der Waals surface area contributed by atoms with Crippen LogP contribution in [0.1, 0.15) is 11.1 Å². The van der Waals surface area contributed by atoms with E-state index in [2.05, 4.69) is 5.32 Å². The summed E-state index contributed by atoms with van der Waals surface area (Å²) < 4.78 is 10.5. The number of hydrogen-bond acceptors (Lipinski definition) is 4. The van der Waals surface area contributed by atoms with Gasteiger partial charge >= 0.3 is 11.8 Å². The molecule has 0 atom stereocenters. The summed E-state index contributed by atoms with van der Waals surface area (Å²) in [4.78, 5) is 26.2. The van der Waals surface area contributed by atoms with Gasteiger partial charge in [-0.15, -0.1) is 0 Å². The minimum atomic E-state index is -0.581. The van der Waals surface area contributed by atoms with Crippen molar-refractivity contribution in [1.29, 1.82) is 0 Å². The van der Waals surface area contributed by atoms with Crippen LogP contribution in [0.5, 0.6) is 11.5 Å². The Kier molecular flexibility index (Phi) is 5.41. The summed E-state index contributed by atoms with van der Waals surface area (Å²) in [6, 6.07) is 13.3. The van der Waals surface area contributed by atoms with Crippen molar-refractivity contribution in [3.05, 3.63) is 53.6 Å². The van der Waals surface area contributed by atoms with Crippen LogP contribution in [0.15, 0.2) is 42.5 Å². The maximum atomic E-state index is 12.4. The first-order valence-electron chi connectivity index (χ1n) is 8.52. The lowest BCUT2D eigenvalue weighted by Crippen LogP contribution is -2.43. The fraction of sp³-hybridized carbons (Fsp3) is 0.300. The van der Waals surface area contributed by atoms with Crippen LogP contribution < -0.4 is 19.7 Å². The van der Waals surface area contributed by atoms with Gasteiger partial charge in [0.2, 0.25) is 0 Å². The zero-order chi connectivity index (χ0) is 18.5. The van der Waals surface area contributed by atoms with Gasteiger partial charge in [-0.3, -0.25) is 9.59 Å². The monoisotopic (exact) mass is 354 g/mol. The summed E-state index contributed by atoms with van der Waals surface area (Å²) in [5.74, 6) is 0.202. The van der Waals surface area contributed by atoms with E-state index in [1.165, 1.54) is 0 Å². The quantitative estimate of drug-likeness (QED) is 0.834. The maximum absolute atomic E-state index is 12.4. The van der Waals surface area contributed by atoms with Crippen LogP contribution in [0.25, 0.3) is 0 Å². The molecule has 1 N–H and O–H groups in total. The molecule has 0 radical (unpaired) electrons. The number of ether oxygens (including phenoxy) is 2. The Morgan fingerprint density at radius 3 is 2.62 bits per heavy atom. The number of carbonyl (C=O) groups is 2. The van der Waals surface area contributed by atoms with Crippen molar-refractivity contribution < 1.29 is 19.1 Å². The molecule has 0 aliphatic carbocycles. The van der Waals surface area contributed by atoms with Crippen molar-refractivity contribution in [2.45, 2.75) is 12.8 Å². The number of hydrogen-bond donors (Lipinski definition) is 1. The first kappa shape index (κ1) is 17.8. The molecule has 0 aromatic heterocycles. The normalized spacial score (nSPS) is 12.5. The van der Waals surface area contributed by atoms with Crippen LogP contribution in [0.4, 0.5) is 5.69 Å². The second-order valence-electron chi connectivity index (χ2n) is 6.03. The molecule has 0 fully saturated rings. The molecule has 2 amide bonds. The molecule has 2 aromatic rings. The van der Waals surface area contributed by atoms with Gasteiger partial charge in [-0.05, 0) is 42.2 Å². The van der Waals surface area contributed by atoms with E-state index in [0.29, 0.717) is 31.0 Å². The SMILES string of the molecule is COc1ccc(CCNC(=O)C(=O)N2CCc3ccccc32)cc1OC. The Balaban J connectivity index is 1.55. The van der Waals surface area contributed by atoms with Crippen molar-refractivity contribution in [1.82, 2.24) is 5.32 Å². The molecular formula is C20H22N2O4. The minimum absolute atomic E-state index is 0.371. The van der Waals surface area contributed by atoms with E-state index in [4.69, 9.17) is 9.47 Å². The van der Waals surface area contributed by atoms with Crippen LogP contribution in [0, 0.1) is 0 Å². The molecule has 1 aliphatic rings. The molecular weight excluding hydrogens is 332 g/mol. The minimum Gasteiger partial charge on any atom is -0.493 e. The zero-order valence-electron chi connectivity index (χ0n) is 15.0. The number of amides is 2. The summed E-state index contributed by atoms with van der Waals surface area (Å²) in [6.45, 7) is 0.914. The van der Waals surface area contributed by atoms with Gasteiger partial charge in [0, 0.05) is 18.8 Å². The van der Waals surface area contributed by atoms with E-state index in [9.17, 15) is 9.59 Å². The molecule has 0 saturated heterocycles. The Morgan fingerprint density at radius 1 is 1.08 bits per heavy atom. The average Bonchev–Trinajstić information content (AvgIpc) is 3.11. The number of methoxy groups -OCH3 is 2. The maximum Gasteiger partial charge on any atom is 0.316 e. The van der Waals surface area contributed by atoms with Crippen LogP contribution >= 0.6 is 0 Å². The molecule has 136 valence electrons. The molecule has 6 heteroatoms. The Morgan fingerprint density at radius 2 is 1.85 bits per heavy atom. The standard InChI is InChI=1S/C20H22N2O4/c1-25-17-8-7-14(13-18(17)26-2)9-11-21-19(23)20(24)22-12-10-15-5-3-4-6-16(15)22/h3-8,13H,9-12H2,1-2H3,(H,21,23). The number of fused-ring (bicyclic) bond motifs is 1. The lowest BCUT2D eigenvalue weighted by atomic mass is 10.1. The van der Waals surface area contributed by atoms with Crippen molar-refractivity contribution in [3.8, 4) is 11.5 Å². The summed E-state index contributed by atoms with van der Waals surface area (Å²) in [5.41, 5.74) is 2.91. The number of nitrogens with one attached hydrogen (secondary N) is 1. The number of anilines is 1. The van der Waals surface area contributed by atoms with Gasteiger partial charge in [0.15, 0.2) is 11.5 Å². The number of rotatable bonds is 5. The summed E-state index contributed by atoms with van der Waals surface area (Å²) >= 11 is 0. The molecule has 1 heterocycles. The number of para-hydroxylation sites is 1. The van der Waals surface area contributed by atoms with E-state index >= 15 is 0 Å². The highest BCUT2D eigenvalue weighted by Crippen LogP contribution is 2.28. The largest absolute Gasteiger partial charge is 0.493 e. The van der Waals surface area contributed by atoms with E-state index in [1.54, 1.807) is 19.1 Å². The predicted molar refractivity (Wildman–Crippen MR) is 98.8 cm³/mol. The van der Waals surface area contributed by atoms with Crippen LogP contribution in [0.2, 0.25) is 0 Å². The van der Waals surface area contributed by atoms with E-state index < -0.39 is 11.8 Å². The molecule has 0 saturated carbocycles. The Bertz CT molecular complexity index is 819. The third kappa shape index (κ3) is 3.64. The number of nitrogens with zero attached hydrogens (tertiary/aromatic N) is 1.